The molecule has 0 saturated heterocycles. The number of nitrogens with two attached hydrogens (primary N) is 1. The first-order valence-corrected chi connectivity index (χ1v) is 7.14. The lowest BCUT2D eigenvalue weighted by atomic mass is 10.2. The molecule has 1 aromatic carbocycles. The Morgan fingerprint density at radius 1 is 1.25 bits per heavy atom. The zero-order chi connectivity index (χ0) is 14.3. The summed E-state index contributed by atoms with van der Waals surface area (Å²) in [5.41, 5.74) is 7.07. The van der Waals surface area contributed by atoms with Crippen LogP contribution in [0.25, 0.3) is 22.2 Å². The van der Waals surface area contributed by atoms with Crippen molar-refractivity contribution in [1.82, 2.24) is 15.1 Å². The average Bonchev–Trinajstić information content (AvgIpc) is 2.96. The molecule has 102 valence electrons. The topological polar surface area (TPSA) is 77.8 Å². The Kier molecular flexibility index (Phi) is 3.37. The number of aryl methyl sites for hydroxylation is 1. The lowest BCUT2D eigenvalue weighted by molar-refractivity contribution is 0.433. The molecule has 2 N–H and O–H groups in total. The van der Waals surface area contributed by atoms with Crippen LogP contribution >= 0.6 is 34.5 Å². The number of hydrogen-bond donors (Lipinski definition) is 1. The number of anilines is 1. The highest BCUT2D eigenvalue weighted by Gasteiger charge is 2.17. The van der Waals surface area contributed by atoms with Gasteiger partial charge in [0.15, 0.2) is 5.13 Å². The van der Waals surface area contributed by atoms with Crippen molar-refractivity contribution in [2.45, 2.75) is 6.92 Å². The van der Waals surface area contributed by atoms with Crippen molar-refractivity contribution < 1.29 is 4.52 Å². The fourth-order valence-electron chi connectivity index (χ4n) is 1.71. The fourth-order valence-corrected chi connectivity index (χ4v) is 2.96. The summed E-state index contributed by atoms with van der Waals surface area (Å²) in [5.74, 6) is 0.769. The number of aromatic nitrogens is 3. The third-order valence-corrected chi connectivity index (χ3v) is 4.13. The van der Waals surface area contributed by atoms with Gasteiger partial charge in [-0.15, -0.1) is 0 Å². The second kappa shape index (κ2) is 5.05. The van der Waals surface area contributed by atoms with Gasteiger partial charge in [-0.05, 0) is 25.1 Å². The van der Waals surface area contributed by atoms with Crippen LogP contribution in [0.1, 0.15) is 5.69 Å². The molecule has 0 spiro atoms. The molecule has 0 bridgehead atoms. The van der Waals surface area contributed by atoms with Crippen LogP contribution in [0.5, 0.6) is 0 Å². The number of rotatable bonds is 2. The Hall–Kier alpha value is -1.63. The summed E-state index contributed by atoms with van der Waals surface area (Å²) in [6.07, 6.45) is 0. The van der Waals surface area contributed by atoms with E-state index in [1.807, 2.05) is 6.92 Å². The summed E-state index contributed by atoms with van der Waals surface area (Å²) in [7, 11) is 0. The van der Waals surface area contributed by atoms with E-state index in [1.54, 1.807) is 18.2 Å². The van der Waals surface area contributed by atoms with Crippen molar-refractivity contribution in [3.8, 4) is 22.2 Å². The van der Waals surface area contributed by atoms with Gasteiger partial charge in [0.2, 0.25) is 5.82 Å². The molecule has 5 nitrogen and oxygen atoms in total. The predicted octanol–water partition coefficient (Wildman–Crippen LogP) is 4.06. The van der Waals surface area contributed by atoms with Gasteiger partial charge >= 0.3 is 0 Å². The van der Waals surface area contributed by atoms with Crippen molar-refractivity contribution in [1.29, 1.82) is 0 Å². The quantitative estimate of drug-likeness (QED) is 0.768. The summed E-state index contributed by atoms with van der Waals surface area (Å²) in [4.78, 5) is 9.20. The van der Waals surface area contributed by atoms with Crippen LogP contribution in [0.4, 0.5) is 5.13 Å². The van der Waals surface area contributed by atoms with Crippen molar-refractivity contribution in [2.24, 2.45) is 0 Å². The fraction of sp³-hybridized carbons (Fsp3) is 0.0833. The number of halogens is 2. The molecule has 3 aromatic rings. The maximum absolute atomic E-state index is 6.12. The van der Waals surface area contributed by atoms with Gasteiger partial charge in [0, 0.05) is 10.6 Å². The lowest BCUT2D eigenvalue weighted by Crippen LogP contribution is -1.83. The Morgan fingerprint density at radius 3 is 2.70 bits per heavy atom. The highest BCUT2D eigenvalue weighted by Crippen LogP contribution is 2.33. The van der Waals surface area contributed by atoms with Gasteiger partial charge in [0.1, 0.15) is 4.88 Å². The van der Waals surface area contributed by atoms with Gasteiger partial charge in [-0.3, -0.25) is 0 Å². The molecule has 2 heterocycles. The number of benzene rings is 1. The third kappa shape index (κ3) is 2.37. The van der Waals surface area contributed by atoms with Gasteiger partial charge in [0.25, 0.3) is 5.89 Å². The van der Waals surface area contributed by atoms with Crippen molar-refractivity contribution >= 4 is 39.7 Å². The molecule has 0 aliphatic heterocycles. The summed E-state index contributed by atoms with van der Waals surface area (Å²) < 4.78 is 5.25. The summed E-state index contributed by atoms with van der Waals surface area (Å²) in [6.45, 7) is 1.83. The molecule has 0 radical (unpaired) electrons. The van der Waals surface area contributed by atoms with Crippen LogP contribution in [-0.4, -0.2) is 15.1 Å². The van der Waals surface area contributed by atoms with E-state index in [-0.39, 0.29) is 0 Å². The molecule has 0 fully saturated rings. The maximum Gasteiger partial charge on any atom is 0.270 e. The minimum absolute atomic E-state index is 0.373. The third-order valence-electron chi connectivity index (χ3n) is 2.61. The Balaban J connectivity index is 2.04. The summed E-state index contributed by atoms with van der Waals surface area (Å²) in [6, 6.07) is 5.09. The van der Waals surface area contributed by atoms with Crippen LogP contribution < -0.4 is 5.73 Å². The SMILES string of the molecule is Cc1nc(N)sc1-c1nc(-c2ccc(Cl)cc2Cl)no1. The first kappa shape index (κ1) is 13.4. The van der Waals surface area contributed by atoms with Crippen molar-refractivity contribution in [3.63, 3.8) is 0 Å². The Labute approximate surface area is 128 Å². The molecule has 0 unspecified atom stereocenters. The highest BCUT2D eigenvalue weighted by atomic mass is 35.5. The Bertz CT molecular complexity index is 784. The van der Waals surface area contributed by atoms with Gasteiger partial charge < -0.3 is 10.3 Å². The van der Waals surface area contributed by atoms with E-state index in [2.05, 4.69) is 15.1 Å². The van der Waals surface area contributed by atoms with Crippen molar-refractivity contribution in [3.05, 3.63) is 33.9 Å². The first-order chi connectivity index (χ1) is 9.54. The molecule has 0 atom stereocenters. The molecule has 3 rings (SSSR count). The molecule has 0 amide bonds. The van der Waals surface area contributed by atoms with Crippen LogP contribution in [0, 0.1) is 6.92 Å². The monoisotopic (exact) mass is 326 g/mol. The van der Waals surface area contributed by atoms with Gasteiger partial charge in [-0.2, -0.15) is 4.98 Å². The van der Waals surface area contributed by atoms with E-state index >= 15 is 0 Å². The van der Waals surface area contributed by atoms with E-state index < -0.39 is 0 Å². The number of nitrogens with zero attached hydrogens (tertiary/aromatic N) is 3. The lowest BCUT2D eigenvalue weighted by Gasteiger charge is -1.98. The molecular formula is C12H8Cl2N4OS. The van der Waals surface area contributed by atoms with Gasteiger partial charge in [-0.1, -0.05) is 39.7 Å². The van der Waals surface area contributed by atoms with E-state index in [9.17, 15) is 0 Å². The molecule has 0 saturated carbocycles. The number of thiazole rings is 1. The molecular weight excluding hydrogens is 319 g/mol. The molecule has 2 aromatic heterocycles. The predicted molar refractivity (Wildman–Crippen MR) is 80.0 cm³/mol. The highest BCUT2D eigenvalue weighted by molar-refractivity contribution is 7.18. The normalized spacial score (nSPS) is 10.9. The number of hydrogen-bond acceptors (Lipinski definition) is 6. The van der Waals surface area contributed by atoms with E-state index in [4.69, 9.17) is 33.5 Å². The molecule has 20 heavy (non-hydrogen) atoms. The second-order valence-corrected chi connectivity index (χ2v) is 5.89. The zero-order valence-corrected chi connectivity index (χ0v) is 12.6. The molecule has 0 aliphatic rings. The van der Waals surface area contributed by atoms with Gasteiger partial charge in [0.05, 0.1) is 10.7 Å². The van der Waals surface area contributed by atoms with Crippen LogP contribution in [0.2, 0.25) is 10.0 Å². The minimum atomic E-state index is 0.373. The molecule has 8 heteroatoms. The van der Waals surface area contributed by atoms with E-state index in [1.165, 1.54) is 11.3 Å². The smallest absolute Gasteiger partial charge is 0.270 e. The molecule has 0 aliphatic carbocycles. The Morgan fingerprint density at radius 2 is 2.05 bits per heavy atom. The standard InChI is InChI=1S/C12H8Cl2N4OS/c1-5-9(20-12(15)16-5)11-17-10(18-19-11)7-3-2-6(13)4-8(7)14/h2-4H,1H3,(H2,15,16). The maximum atomic E-state index is 6.12. The summed E-state index contributed by atoms with van der Waals surface area (Å²) in [5, 5.41) is 5.40. The van der Waals surface area contributed by atoms with Crippen LogP contribution in [0.3, 0.4) is 0 Å². The van der Waals surface area contributed by atoms with E-state index in [0.717, 1.165) is 10.6 Å². The minimum Gasteiger partial charge on any atom is -0.375 e. The van der Waals surface area contributed by atoms with Crippen LogP contribution in [-0.2, 0) is 0 Å². The van der Waals surface area contributed by atoms with E-state index in [0.29, 0.717) is 32.5 Å². The van der Waals surface area contributed by atoms with Crippen LogP contribution in [0.15, 0.2) is 22.7 Å². The average molecular weight is 327 g/mol. The number of nitrogen functional groups attached to an aromatic ring is 1. The summed E-state index contributed by atoms with van der Waals surface area (Å²) >= 11 is 13.3. The second-order valence-electron chi connectivity index (χ2n) is 4.01. The van der Waals surface area contributed by atoms with Crippen molar-refractivity contribution in [2.75, 3.05) is 5.73 Å². The zero-order valence-electron chi connectivity index (χ0n) is 10.2. The first-order valence-electron chi connectivity index (χ1n) is 5.57. The largest absolute Gasteiger partial charge is 0.375 e. The van der Waals surface area contributed by atoms with Gasteiger partial charge in [-0.25, -0.2) is 4.98 Å².